The quantitative estimate of drug-likeness (QED) is 0.850. The SMILES string of the molecule is CC(C)CCN(C(=O)c1nc(N)n[nH]1)C1CCCC1. The number of nitrogens with zero attached hydrogens (tertiary/aromatic N) is 3. The number of nitrogens with one attached hydrogen (secondary N) is 1. The van der Waals surface area contributed by atoms with Crippen LogP contribution in [0.15, 0.2) is 0 Å². The van der Waals surface area contributed by atoms with E-state index in [0.29, 0.717) is 12.0 Å². The number of H-pyrrole nitrogens is 1. The molecule has 0 bridgehead atoms. The Morgan fingerprint density at radius 3 is 2.68 bits per heavy atom. The number of aromatic nitrogens is 3. The zero-order valence-electron chi connectivity index (χ0n) is 11.7. The molecule has 1 saturated carbocycles. The molecular formula is C13H23N5O. The number of aromatic amines is 1. The minimum absolute atomic E-state index is 0.0725. The lowest BCUT2D eigenvalue weighted by molar-refractivity contribution is 0.0659. The van der Waals surface area contributed by atoms with Gasteiger partial charge in [-0.1, -0.05) is 26.7 Å². The maximum Gasteiger partial charge on any atom is 0.291 e. The van der Waals surface area contributed by atoms with Crippen molar-refractivity contribution in [3.63, 3.8) is 0 Å². The maximum absolute atomic E-state index is 12.5. The molecule has 6 nitrogen and oxygen atoms in total. The summed E-state index contributed by atoms with van der Waals surface area (Å²) in [4.78, 5) is 18.4. The summed E-state index contributed by atoms with van der Waals surface area (Å²) in [6.07, 6.45) is 5.59. The summed E-state index contributed by atoms with van der Waals surface area (Å²) < 4.78 is 0. The molecule has 1 aliphatic carbocycles. The average Bonchev–Trinajstić information content (AvgIpc) is 3.00. The fraction of sp³-hybridized carbons (Fsp3) is 0.769. The zero-order chi connectivity index (χ0) is 13.8. The van der Waals surface area contributed by atoms with Gasteiger partial charge < -0.3 is 10.6 Å². The molecule has 6 heteroatoms. The highest BCUT2D eigenvalue weighted by atomic mass is 16.2. The molecule has 1 heterocycles. The Hall–Kier alpha value is -1.59. The van der Waals surface area contributed by atoms with Crippen molar-refractivity contribution < 1.29 is 4.79 Å². The van der Waals surface area contributed by atoms with E-state index in [0.717, 1.165) is 25.8 Å². The lowest BCUT2D eigenvalue weighted by Gasteiger charge is -2.28. The van der Waals surface area contributed by atoms with Crippen LogP contribution < -0.4 is 5.73 Å². The first-order chi connectivity index (χ1) is 9.08. The van der Waals surface area contributed by atoms with E-state index in [4.69, 9.17) is 5.73 Å². The Morgan fingerprint density at radius 1 is 1.47 bits per heavy atom. The third-order valence-corrected chi connectivity index (χ3v) is 3.68. The molecule has 0 radical (unpaired) electrons. The Morgan fingerprint density at radius 2 is 2.16 bits per heavy atom. The number of nitrogens with two attached hydrogens (primary N) is 1. The Balaban J connectivity index is 2.09. The molecule has 2 rings (SSSR count). The molecule has 0 atom stereocenters. The molecule has 1 amide bonds. The first-order valence-corrected chi connectivity index (χ1v) is 7.06. The van der Waals surface area contributed by atoms with Crippen molar-refractivity contribution in [3.05, 3.63) is 5.82 Å². The number of carbonyl (C=O) groups is 1. The summed E-state index contributed by atoms with van der Waals surface area (Å²) in [7, 11) is 0. The number of anilines is 1. The third-order valence-electron chi connectivity index (χ3n) is 3.68. The standard InChI is InChI=1S/C13H23N5O/c1-9(2)7-8-18(10-5-3-4-6-10)12(19)11-15-13(14)17-16-11/h9-10H,3-8H2,1-2H3,(H3,14,15,16,17). The molecule has 0 unspecified atom stereocenters. The van der Waals surface area contributed by atoms with E-state index in [-0.39, 0.29) is 17.7 Å². The molecule has 1 aromatic heterocycles. The highest BCUT2D eigenvalue weighted by molar-refractivity contribution is 5.90. The summed E-state index contributed by atoms with van der Waals surface area (Å²) in [5, 5.41) is 6.36. The molecule has 106 valence electrons. The number of hydrogen-bond donors (Lipinski definition) is 2. The van der Waals surface area contributed by atoms with Crippen molar-refractivity contribution in [2.75, 3.05) is 12.3 Å². The van der Waals surface area contributed by atoms with Crippen LogP contribution in [0, 0.1) is 5.92 Å². The van der Waals surface area contributed by atoms with Crippen molar-refractivity contribution in [1.82, 2.24) is 20.1 Å². The third kappa shape index (κ3) is 3.45. The highest BCUT2D eigenvalue weighted by Gasteiger charge is 2.28. The van der Waals surface area contributed by atoms with Gasteiger partial charge in [-0.25, -0.2) is 0 Å². The minimum Gasteiger partial charge on any atom is -0.366 e. The predicted molar refractivity (Wildman–Crippen MR) is 73.5 cm³/mol. The summed E-state index contributed by atoms with van der Waals surface area (Å²) in [5.74, 6) is 0.889. The molecule has 0 aliphatic heterocycles. The predicted octanol–water partition coefficient (Wildman–Crippen LogP) is 1.82. The van der Waals surface area contributed by atoms with Gasteiger partial charge in [0.15, 0.2) is 0 Å². The number of hydrogen-bond acceptors (Lipinski definition) is 4. The monoisotopic (exact) mass is 265 g/mol. The second-order valence-corrected chi connectivity index (χ2v) is 5.66. The first kappa shape index (κ1) is 13.8. The van der Waals surface area contributed by atoms with E-state index in [1.807, 2.05) is 4.90 Å². The number of amides is 1. The van der Waals surface area contributed by atoms with Crippen LogP contribution in [-0.4, -0.2) is 38.6 Å². The van der Waals surface area contributed by atoms with Gasteiger partial charge in [0.2, 0.25) is 11.8 Å². The van der Waals surface area contributed by atoms with Crippen LogP contribution in [0.2, 0.25) is 0 Å². The maximum atomic E-state index is 12.5. The largest absolute Gasteiger partial charge is 0.366 e. The van der Waals surface area contributed by atoms with Crippen LogP contribution in [0.25, 0.3) is 0 Å². The van der Waals surface area contributed by atoms with Gasteiger partial charge in [0.25, 0.3) is 5.91 Å². The lowest BCUT2D eigenvalue weighted by atomic mass is 10.1. The molecule has 1 aromatic rings. The van der Waals surface area contributed by atoms with Gasteiger partial charge >= 0.3 is 0 Å². The summed E-state index contributed by atoms with van der Waals surface area (Å²) >= 11 is 0. The number of nitrogen functional groups attached to an aromatic ring is 1. The van der Waals surface area contributed by atoms with Crippen molar-refractivity contribution in [2.24, 2.45) is 5.92 Å². The zero-order valence-corrected chi connectivity index (χ0v) is 11.7. The van der Waals surface area contributed by atoms with Crippen molar-refractivity contribution in [1.29, 1.82) is 0 Å². The van der Waals surface area contributed by atoms with E-state index in [1.54, 1.807) is 0 Å². The summed E-state index contributed by atoms with van der Waals surface area (Å²) in [6, 6.07) is 0.345. The van der Waals surface area contributed by atoms with Crippen LogP contribution >= 0.6 is 0 Å². The molecule has 3 N–H and O–H groups in total. The van der Waals surface area contributed by atoms with Gasteiger partial charge in [-0.3, -0.25) is 9.89 Å². The molecule has 19 heavy (non-hydrogen) atoms. The van der Waals surface area contributed by atoms with E-state index in [2.05, 4.69) is 29.0 Å². The van der Waals surface area contributed by atoms with Crippen LogP contribution in [0.3, 0.4) is 0 Å². The average molecular weight is 265 g/mol. The topological polar surface area (TPSA) is 87.9 Å². The molecule has 0 saturated heterocycles. The van der Waals surface area contributed by atoms with E-state index in [9.17, 15) is 4.79 Å². The van der Waals surface area contributed by atoms with Gasteiger partial charge in [-0.2, -0.15) is 4.98 Å². The van der Waals surface area contributed by atoms with Gasteiger partial charge in [-0.15, -0.1) is 5.10 Å². The normalized spacial score (nSPS) is 16.2. The molecule has 1 fully saturated rings. The van der Waals surface area contributed by atoms with Crippen molar-refractivity contribution in [2.45, 2.75) is 52.0 Å². The lowest BCUT2D eigenvalue weighted by Crippen LogP contribution is -2.40. The smallest absolute Gasteiger partial charge is 0.291 e. The molecule has 1 aliphatic rings. The van der Waals surface area contributed by atoms with E-state index >= 15 is 0 Å². The van der Waals surface area contributed by atoms with Crippen molar-refractivity contribution in [3.8, 4) is 0 Å². The Kier molecular flexibility index (Phi) is 4.39. The summed E-state index contributed by atoms with van der Waals surface area (Å²) in [5.41, 5.74) is 5.47. The van der Waals surface area contributed by atoms with Crippen LogP contribution in [0.1, 0.15) is 56.6 Å². The van der Waals surface area contributed by atoms with Crippen LogP contribution in [-0.2, 0) is 0 Å². The molecule has 0 spiro atoms. The van der Waals surface area contributed by atoms with Crippen LogP contribution in [0.5, 0.6) is 0 Å². The van der Waals surface area contributed by atoms with Gasteiger partial charge in [0.05, 0.1) is 0 Å². The molecule has 0 aromatic carbocycles. The molecular weight excluding hydrogens is 242 g/mol. The van der Waals surface area contributed by atoms with Gasteiger partial charge in [-0.05, 0) is 25.2 Å². The van der Waals surface area contributed by atoms with Gasteiger partial charge in [0, 0.05) is 12.6 Å². The fourth-order valence-electron chi connectivity index (χ4n) is 2.57. The highest BCUT2D eigenvalue weighted by Crippen LogP contribution is 2.25. The van der Waals surface area contributed by atoms with Crippen LogP contribution in [0.4, 0.5) is 5.95 Å². The number of carbonyl (C=O) groups excluding carboxylic acids is 1. The Labute approximate surface area is 113 Å². The first-order valence-electron chi connectivity index (χ1n) is 7.06. The summed E-state index contributed by atoms with van der Waals surface area (Å²) in [6.45, 7) is 5.12. The number of rotatable bonds is 5. The Bertz CT molecular complexity index is 422. The van der Waals surface area contributed by atoms with Crippen molar-refractivity contribution >= 4 is 11.9 Å². The minimum atomic E-state index is -0.0725. The van der Waals surface area contributed by atoms with E-state index < -0.39 is 0 Å². The van der Waals surface area contributed by atoms with Gasteiger partial charge in [0.1, 0.15) is 0 Å². The fourth-order valence-corrected chi connectivity index (χ4v) is 2.57. The second kappa shape index (κ2) is 6.04. The van der Waals surface area contributed by atoms with E-state index in [1.165, 1.54) is 12.8 Å². The second-order valence-electron chi connectivity index (χ2n) is 5.66.